The Kier molecular flexibility index (Phi) is 3.11. The van der Waals surface area contributed by atoms with Gasteiger partial charge in [0.2, 0.25) is 0 Å². The molecule has 7 heteroatoms. The molecule has 0 saturated heterocycles. The van der Waals surface area contributed by atoms with E-state index in [9.17, 15) is 0 Å². The fraction of sp³-hybridized carbons (Fsp3) is 0.143. The summed E-state index contributed by atoms with van der Waals surface area (Å²) in [7, 11) is 0.0645. The number of benzene rings is 1. The smallest absolute Gasteiger partial charge is 0.517 e. The van der Waals surface area contributed by atoms with Crippen LogP contribution >= 0.6 is 33.2 Å². The van der Waals surface area contributed by atoms with Crippen LogP contribution in [0.1, 0.15) is 5.56 Å². The van der Waals surface area contributed by atoms with Crippen molar-refractivity contribution in [2.75, 3.05) is 0 Å². The highest BCUT2D eigenvalue weighted by molar-refractivity contribution is 7.69. The molecule has 1 aliphatic heterocycles. The monoisotopic (exact) mass is 282 g/mol. The second kappa shape index (κ2) is 4.04. The summed E-state index contributed by atoms with van der Waals surface area (Å²) in [5, 5.41) is 0.763. The molecule has 2 nitrogen and oxygen atoms in total. The first kappa shape index (κ1) is 10.8. The maximum absolute atomic E-state index is 5.89. The molecule has 0 N–H and O–H groups in total. The molecule has 1 heterocycles. The van der Waals surface area contributed by atoms with Crippen molar-refractivity contribution in [3.05, 3.63) is 23.8 Å². The normalized spacial score (nSPS) is 15.9. The van der Waals surface area contributed by atoms with Crippen molar-refractivity contribution in [3.63, 3.8) is 0 Å². The molecule has 0 aromatic heterocycles. The third-order valence-electron chi connectivity index (χ3n) is 1.83. The maximum Gasteiger partial charge on any atom is 0.521 e. The lowest BCUT2D eigenvalue weighted by molar-refractivity contribution is 0.252. The molecule has 0 fully saturated rings. The molecule has 0 saturated carbocycles. The molecule has 1 aromatic carbocycles. The Morgan fingerprint density at radius 3 is 2.79 bits per heavy atom. The molecule has 0 bridgehead atoms. The molecular formula is C7H5Cl3O2Si2. The lowest BCUT2D eigenvalue weighted by Crippen LogP contribution is -2.31. The summed E-state index contributed by atoms with van der Waals surface area (Å²) in [4.78, 5) is 0. The van der Waals surface area contributed by atoms with Gasteiger partial charge in [0.05, 0.1) is 6.61 Å². The standard InChI is InChI=1S/C7H5Cl3O2Si2/c8-14(9,10)6-1-2-7-5(3-6)4-11-13-12-7/h1-3H,4H2. The summed E-state index contributed by atoms with van der Waals surface area (Å²) in [6.07, 6.45) is 0. The van der Waals surface area contributed by atoms with Gasteiger partial charge in [-0.25, -0.2) is 0 Å². The maximum atomic E-state index is 5.89. The Morgan fingerprint density at radius 1 is 1.29 bits per heavy atom. The van der Waals surface area contributed by atoms with Crippen molar-refractivity contribution >= 4 is 54.4 Å². The van der Waals surface area contributed by atoms with Crippen LogP contribution < -0.4 is 9.61 Å². The number of hydrogen-bond donors (Lipinski definition) is 0. The van der Waals surface area contributed by atoms with E-state index in [0.29, 0.717) is 6.61 Å². The second-order valence-corrected chi connectivity index (χ2v) is 11.9. The predicted octanol–water partition coefficient (Wildman–Crippen LogP) is 1.99. The first-order valence-electron chi connectivity index (χ1n) is 3.81. The summed E-state index contributed by atoms with van der Waals surface area (Å²) < 4.78 is 10.4. The molecule has 1 aromatic rings. The molecule has 0 spiro atoms. The van der Waals surface area contributed by atoms with Crippen molar-refractivity contribution in [3.8, 4) is 5.75 Å². The third kappa shape index (κ3) is 2.26. The van der Waals surface area contributed by atoms with Gasteiger partial charge in [0.25, 0.3) is 0 Å². The van der Waals surface area contributed by atoms with E-state index < -0.39 is 6.00 Å². The Bertz CT molecular complexity index is 353. The van der Waals surface area contributed by atoms with Gasteiger partial charge in [-0.3, -0.25) is 0 Å². The van der Waals surface area contributed by atoms with E-state index in [0.717, 1.165) is 16.5 Å². The van der Waals surface area contributed by atoms with Gasteiger partial charge in [0.1, 0.15) is 5.75 Å². The molecule has 14 heavy (non-hydrogen) atoms. The molecule has 2 radical (unpaired) electrons. The molecule has 0 unspecified atom stereocenters. The van der Waals surface area contributed by atoms with Crippen LogP contribution in [0.2, 0.25) is 0 Å². The Hall–Kier alpha value is 0.284. The zero-order valence-electron chi connectivity index (χ0n) is 6.89. The van der Waals surface area contributed by atoms with Gasteiger partial charge < -0.3 is 8.85 Å². The van der Waals surface area contributed by atoms with Gasteiger partial charge in [-0.05, 0) is 11.3 Å². The number of rotatable bonds is 1. The van der Waals surface area contributed by atoms with E-state index in [2.05, 4.69) is 0 Å². The molecule has 74 valence electrons. The van der Waals surface area contributed by atoms with E-state index in [4.69, 9.17) is 42.1 Å². The van der Waals surface area contributed by atoms with Crippen molar-refractivity contribution in [1.29, 1.82) is 0 Å². The van der Waals surface area contributed by atoms with Crippen LogP contribution in [-0.4, -0.2) is 16.0 Å². The SMILES string of the molecule is Cl[Si](Cl)(Cl)c1ccc2c(c1)CO[Si]O2. The quantitative estimate of drug-likeness (QED) is 0.580. The number of hydrogen-bond acceptors (Lipinski definition) is 2. The van der Waals surface area contributed by atoms with Gasteiger partial charge in [-0.1, -0.05) is 12.1 Å². The largest absolute Gasteiger partial charge is 0.521 e. The summed E-state index contributed by atoms with van der Waals surface area (Å²) in [5.41, 5.74) is 0.945. The van der Waals surface area contributed by atoms with E-state index in [1.54, 1.807) is 6.07 Å². The number of fused-ring (bicyclic) bond motifs is 1. The van der Waals surface area contributed by atoms with E-state index in [1.165, 1.54) is 0 Å². The highest BCUT2D eigenvalue weighted by atomic mass is 35.8. The summed E-state index contributed by atoms with van der Waals surface area (Å²) in [6.45, 7) is 0.525. The molecule has 0 atom stereocenters. The van der Waals surface area contributed by atoms with Crippen LogP contribution in [-0.2, 0) is 11.0 Å². The Morgan fingerprint density at radius 2 is 2.07 bits per heavy atom. The van der Waals surface area contributed by atoms with Gasteiger partial charge in [0, 0.05) is 5.56 Å². The topological polar surface area (TPSA) is 18.5 Å². The minimum absolute atomic E-state index is 0.0645. The molecule has 0 aliphatic carbocycles. The van der Waals surface area contributed by atoms with E-state index in [1.807, 2.05) is 12.1 Å². The van der Waals surface area contributed by atoms with Crippen LogP contribution in [0.15, 0.2) is 18.2 Å². The lowest BCUT2D eigenvalue weighted by atomic mass is 10.2. The summed E-state index contributed by atoms with van der Waals surface area (Å²) >= 11 is 17.7. The third-order valence-corrected chi connectivity index (χ3v) is 5.32. The zero-order valence-corrected chi connectivity index (χ0v) is 11.2. The second-order valence-electron chi connectivity index (χ2n) is 2.79. The fourth-order valence-corrected chi connectivity index (χ4v) is 3.38. The van der Waals surface area contributed by atoms with Crippen LogP contribution in [0, 0.1) is 0 Å². The average molecular weight is 284 g/mol. The Labute approximate surface area is 99.2 Å². The van der Waals surface area contributed by atoms with Gasteiger partial charge in [-0.2, -0.15) is 0 Å². The highest BCUT2D eigenvalue weighted by Crippen LogP contribution is 2.25. The first-order valence-corrected chi connectivity index (χ1v) is 9.66. The zero-order chi connectivity index (χ0) is 10.2. The van der Waals surface area contributed by atoms with E-state index >= 15 is 0 Å². The summed E-state index contributed by atoms with van der Waals surface area (Å²) in [5.74, 6) is 0.821. The van der Waals surface area contributed by atoms with Crippen LogP contribution in [0.3, 0.4) is 0 Å². The molecule has 0 amide bonds. The molecule has 2 rings (SSSR count). The molecular weight excluding hydrogens is 279 g/mol. The van der Waals surface area contributed by atoms with Crippen LogP contribution in [0.5, 0.6) is 5.75 Å². The lowest BCUT2D eigenvalue weighted by Gasteiger charge is -2.18. The fourth-order valence-electron chi connectivity index (χ4n) is 1.15. The summed E-state index contributed by atoms with van der Waals surface area (Å²) in [6, 6.07) is 2.69. The van der Waals surface area contributed by atoms with Gasteiger partial charge in [0.15, 0.2) is 0 Å². The first-order chi connectivity index (χ1) is 6.57. The van der Waals surface area contributed by atoms with Crippen molar-refractivity contribution in [2.45, 2.75) is 6.61 Å². The minimum Gasteiger partial charge on any atom is -0.517 e. The highest BCUT2D eigenvalue weighted by Gasteiger charge is 2.29. The van der Waals surface area contributed by atoms with Gasteiger partial charge >= 0.3 is 16.0 Å². The average Bonchev–Trinajstić information content (AvgIpc) is 2.16. The van der Waals surface area contributed by atoms with Crippen LogP contribution in [0.4, 0.5) is 0 Å². The minimum atomic E-state index is -2.78. The van der Waals surface area contributed by atoms with Crippen molar-refractivity contribution < 1.29 is 8.85 Å². The van der Waals surface area contributed by atoms with Crippen molar-refractivity contribution in [1.82, 2.24) is 0 Å². The predicted molar refractivity (Wildman–Crippen MR) is 60.6 cm³/mol. The van der Waals surface area contributed by atoms with Crippen LogP contribution in [0.25, 0.3) is 0 Å². The number of halogens is 3. The molecule has 1 aliphatic rings. The van der Waals surface area contributed by atoms with E-state index in [-0.39, 0.29) is 10.0 Å². The van der Waals surface area contributed by atoms with Crippen molar-refractivity contribution in [2.24, 2.45) is 0 Å². The van der Waals surface area contributed by atoms with Gasteiger partial charge in [-0.15, -0.1) is 33.2 Å². The Balaban J connectivity index is 2.39.